The van der Waals surface area contributed by atoms with Crippen LogP contribution in [0.25, 0.3) is 0 Å². The molecule has 6 nitrogen and oxygen atoms in total. The van der Waals surface area contributed by atoms with Gasteiger partial charge in [0, 0.05) is 50.3 Å². The van der Waals surface area contributed by atoms with E-state index in [4.69, 9.17) is 0 Å². The second-order valence-corrected chi connectivity index (χ2v) is 6.14. The van der Waals surface area contributed by atoms with Crippen LogP contribution in [0.2, 0.25) is 0 Å². The predicted octanol–water partition coefficient (Wildman–Crippen LogP) is 1.34. The van der Waals surface area contributed by atoms with Gasteiger partial charge in [0.05, 0.1) is 0 Å². The summed E-state index contributed by atoms with van der Waals surface area (Å²) in [6.07, 6.45) is 1.90. The Morgan fingerprint density at radius 1 is 1.04 bits per heavy atom. The van der Waals surface area contributed by atoms with Gasteiger partial charge in [-0.1, -0.05) is 6.07 Å². The van der Waals surface area contributed by atoms with Gasteiger partial charge >= 0.3 is 0 Å². The van der Waals surface area contributed by atoms with Gasteiger partial charge in [0.2, 0.25) is 11.8 Å². The van der Waals surface area contributed by atoms with Crippen LogP contribution in [0, 0.1) is 5.92 Å². The highest BCUT2D eigenvalue weighted by Gasteiger charge is 2.29. The molecular formula is C17H21N3O3. The van der Waals surface area contributed by atoms with E-state index in [1.54, 1.807) is 41.0 Å². The van der Waals surface area contributed by atoms with Crippen molar-refractivity contribution in [2.45, 2.75) is 19.8 Å². The molecule has 1 aromatic carbocycles. The highest BCUT2D eigenvalue weighted by Crippen LogP contribution is 2.30. The van der Waals surface area contributed by atoms with Crippen LogP contribution in [0.3, 0.4) is 0 Å². The van der Waals surface area contributed by atoms with Gasteiger partial charge in [-0.15, -0.1) is 0 Å². The van der Waals surface area contributed by atoms with Crippen molar-refractivity contribution in [3.8, 4) is 0 Å². The van der Waals surface area contributed by atoms with Crippen LogP contribution in [-0.2, 0) is 9.59 Å². The molecule has 0 unspecified atom stereocenters. The van der Waals surface area contributed by atoms with Gasteiger partial charge in [-0.05, 0) is 31.0 Å². The van der Waals surface area contributed by atoms with Crippen molar-refractivity contribution in [2.75, 3.05) is 31.5 Å². The van der Waals surface area contributed by atoms with Crippen molar-refractivity contribution in [2.24, 2.45) is 5.92 Å². The molecule has 3 amide bonds. The highest BCUT2D eigenvalue weighted by atomic mass is 16.2. The molecule has 0 atom stereocenters. The van der Waals surface area contributed by atoms with Crippen LogP contribution >= 0.6 is 0 Å². The van der Waals surface area contributed by atoms with Crippen LogP contribution in [0.1, 0.15) is 30.1 Å². The maximum Gasteiger partial charge on any atom is 0.254 e. The number of rotatable bonds is 3. The Bertz CT molecular complexity index is 632. The average Bonchev–Trinajstić information content (AvgIpc) is 3.39. The van der Waals surface area contributed by atoms with E-state index in [0.717, 1.165) is 12.8 Å². The summed E-state index contributed by atoms with van der Waals surface area (Å²) in [5.41, 5.74) is 1.23. The van der Waals surface area contributed by atoms with Gasteiger partial charge in [-0.2, -0.15) is 0 Å². The first-order valence-electron chi connectivity index (χ1n) is 8.00. The second-order valence-electron chi connectivity index (χ2n) is 6.14. The first-order valence-corrected chi connectivity index (χ1v) is 8.00. The molecule has 122 valence electrons. The van der Waals surface area contributed by atoms with Crippen molar-refractivity contribution in [3.63, 3.8) is 0 Å². The van der Waals surface area contributed by atoms with Crippen molar-refractivity contribution in [1.82, 2.24) is 9.80 Å². The van der Waals surface area contributed by atoms with Crippen molar-refractivity contribution >= 4 is 23.4 Å². The summed E-state index contributed by atoms with van der Waals surface area (Å²) >= 11 is 0. The number of benzene rings is 1. The maximum atomic E-state index is 12.6. The lowest BCUT2D eigenvalue weighted by molar-refractivity contribution is -0.130. The Balaban J connectivity index is 1.63. The van der Waals surface area contributed by atoms with Crippen molar-refractivity contribution < 1.29 is 14.4 Å². The first kappa shape index (κ1) is 15.5. The molecule has 0 spiro atoms. The predicted molar refractivity (Wildman–Crippen MR) is 86.0 cm³/mol. The molecule has 0 aromatic heterocycles. The summed E-state index contributed by atoms with van der Waals surface area (Å²) in [5, 5.41) is 2.86. The third-order valence-electron chi connectivity index (χ3n) is 4.34. The summed E-state index contributed by atoms with van der Waals surface area (Å²) in [6, 6.07) is 7.05. The fraction of sp³-hybridized carbons (Fsp3) is 0.471. The summed E-state index contributed by atoms with van der Waals surface area (Å²) in [7, 11) is 0. The summed E-state index contributed by atoms with van der Waals surface area (Å²) < 4.78 is 0. The number of carbonyl (C=O) groups excluding carboxylic acids is 3. The Hall–Kier alpha value is -2.37. The minimum Gasteiger partial charge on any atom is -0.339 e. The topological polar surface area (TPSA) is 69.7 Å². The van der Waals surface area contributed by atoms with Crippen LogP contribution in [-0.4, -0.2) is 53.7 Å². The van der Waals surface area contributed by atoms with Crippen LogP contribution in [0.15, 0.2) is 24.3 Å². The van der Waals surface area contributed by atoms with E-state index in [0.29, 0.717) is 37.4 Å². The Morgan fingerprint density at radius 3 is 2.30 bits per heavy atom. The number of hydrogen-bond acceptors (Lipinski definition) is 3. The van der Waals surface area contributed by atoms with Crippen LogP contribution in [0.4, 0.5) is 5.69 Å². The highest BCUT2D eigenvalue weighted by molar-refractivity contribution is 5.98. The molecule has 23 heavy (non-hydrogen) atoms. The third kappa shape index (κ3) is 3.70. The van der Waals surface area contributed by atoms with E-state index in [1.165, 1.54) is 0 Å². The molecule has 2 fully saturated rings. The zero-order valence-corrected chi connectivity index (χ0v) is 13.2. The molecule has 0 radical (unpaired) electrons. The molecular weight excluding hydrogens is 294 g/mol. The summed E-state index contributed by atoms with van der Waals surface area (Å²) in [5.74, 6) is 0.149. The number of amides is 3. The normalized spacial score (nSPS) is 17.8. The summed E-state index contributed by atoms with van der Waals surface area (Å²) in [6.45, 7) is 3.76. The average molecular weight is 315 g/mol. The van der Waals surface area contributed by atoms with Gasteiger partial charge in [0.15, 0.2) is 0 Å². The SMILES string of the molecule is CC(=O)N1CCN(C(=O)c2cccc(NC(=O)C3CC3)c2)CC1. The third-order valence-corrected chi connectivity index (χ3v) is 4.34. The quantitative estimate of drug-likeness (QED) is 0.915. The number of hydrogen-bond donors (Lipinski definition) is 1. The smallest absolute Gasteiger partial charge is 0.254 e. The molecule has 2 aliphatic rings. The standard InChI is InChI=1S/C17H21N3O3/c1-12(21)19-7-9-20(10-8-19)17(23)14-3-2-4-15(11-14)18-16(22)13-5-6-13/h2-4,11,13H,5-10H2,1H3,(H,18,22). The molecule has 1 aliphatic heterocycles. The molecule has 1 heterocycles. The number of carbonyl (C=O) groups is 3. The molecule has 6 heteroatoms. The fourth-order valence-electron chi connectivity index (χ4n) is 2.73. The van der Waals surface area contributed by atoms with E-state index in [2.05, 4.69) is 5.32 Å². The number of piperazine rings is 1. The first-order chi connectivity index (χ1) is 11.0. The van der Waals surface area contributed by atoms with E-state index in [1.807, 2.05) is 0 Å². The largest absolute Gasteiger partial charge is 0.339 e. The van der Waals surface area contributed by atoms with Gasteiger partial charge in [-0.3, -0.25) is 14.4 Å². The zero-order valence-electron chi connectivity index (χ0n) is 13.2. The van der Waals surface area contributed by atoms with E-state index >= 15 is 0 Å². The fourth-order valence-corrected chi connectivity index (χ4v) is 2.73. The van der Waals surface area contributed by atoms with Gasteiger partial charge < -0.3 is 15.1 Å². The minimum atomic E-state index is -0.0595. The van der Waals surface area contributed by atoms with Gasteiger partial charge in [-0.25, -0.2) is 0 Å². The van der Waals surface area contributed by atoms with Gasteiger partial charge in [0.1, 0.15) is 0 Å². The number of nitrogens with zero attached hydrogens (tertiary/aromatic N) is 2. The molecule has 1 aromatic rings. The lowest BCUT2D eigenvalue weighted by Gasteiger charge is -2.34. The van der Waals surface area contributed by atoms with Crippen LogP contribution < -0.4 is 5.32 Å². The van der Waals surface area contributed by atoms with E-state index < -0.39 is 0 Å². The second kappa shape index (κ2) is 6.40. The molecule has 1 aliphatic carbocycles. The maximum absolute atomic E-state index is 12.6. The van der Waals surface area contributed by atoms with Crippen LogP contribution in [0.5, 0.6) is 0 Å². The Morgan fingerprint density at radius 2 is 1.70 bits per heavy atom. The number of anilines is 1. The van der Waals surface area contributed by atoms with E-state index in [9.17, 15) is 14.4 Å². The van der Waals surface area contributed by atoms with Gasteiger partial charge in [0.25, 0.3) is 5.91 Å². The van der Waals surface area contributed by atoms with Crippen molar-refractivity contribution in [1.29, 1.82) is 0 Å². The lowest BCUT2D eigenvalue weighted by atomic mass is 10.1. The molecule has 1 N–H and O–H groups in total. The molecule has 1 saturated carbocycles. The molecule has 1 saturated heterocycles. The Kier molecular flexibility index (Phi) is 4.32. The monoisotopic (exact) mass is 315 g/mol. The van der Waals surface area contributed by atoms with E-state index in [-0.39, 0.29) is 23.6 Å². The summed E-state index contributed by atoms with van der Waals surface area (Å²) in [4.78, 5) is 39.2. The number of nitrogens with one attached hydrogen (secondary N) is 1. The molecule has 0 bridgehead atoms. The minimum absolute atomic E-state index is 0.0321. The van der Waals surface area contributed by atoms with Crippen molar-refractivity contribution in [3.05, 3.63) is 29.8 Å². The zero-order chi connectivity index (χ0) is 16.4. The lowest BCUT2D eigenvalue weighted by Crippen LogP contribution is -2.50. The molecule has 3 rings (SSSR count). The Labute approximate surface area is 135 Å².